The molecule has 2 N–H and O–H groups in total. The monoisotopic (exact) mass is 287 g/mol. The van der Waals surface area contributed by atoms with Crippen molar-refractivity contribution in [1.82, 2.24) is 0 Å². The van der Waals surface area contributed by atoms with Crippen LogP contribution in [-0.4, -0.2) is 29.9 Å². The summed E-state index contributed by atoms with van der Waals surface area (Å²) < 4.78 is 0.965. The van der Waals surface area contributed by atoms with Crippen LogP contribution in [0.5, 0.6) is 0 Å². The number of anilines is 1. The van der Waals surface area contributed by atoms with Crippen molar-refractivity contribution in [2.75, 3.05) is 18.5 Å². The van der Waals surface area contributed by atoms with E-state index in [4.69, 9.17) is 5.11 Å². The molecule has 0 saturated heterocycles. The minimum atomic E-state index is -0.280. The lowest BCUT2D eigenvalue weighted by Gasteiger charge is -2.21. The Hall–Kier alpha value is -0.580. The maximum absolute atomic E-state index is 9.23. The molecule has 16 heavy (non-hydrogen) atoms. The Bertz CT molecular complexity index is 342. The van der Waals surface area contributed by atoms with Crippen LogP contribution >= 0.6 is 15.9 Å². The first kappa shape index (κ1) is 13.5. The maximum Gasteiger partial charge on any atom is 0.0682 e. The van der Waals surface area contributed by atoms with Crippen LogP contribution in [0.15, 0.2) is 22.7 Å². The minimum Gasteiger partial charge on any atom is -0.393 e. The molecule has 0 bridgehead atoms. The lowest BCUT2D eigenvalue weighted by Crippen LogP contribution is -2.22. The molecule has 0 aliphatic rings. The Morgan fingerprint density at radius 1 is 1.44 bits per heavy atom. The third-order valence-corrected chi connectivity index (χ3v) is 3.12. The molecule has 0 fully saturated rings. The summed E-state index contributed by atoms with van der Waals surface area (Å²) in [6, 6.07) is 5.78. The van der Waals surface area contributed by atoms with Gasteiger partial charge in [0.05, 0.1) is 18.4 Å². The molecular weight excluding hydrogens is 270 g/mol. The van der Waals surface area contributed by atoms with Crippen LogP contribution in [0, 0.1) is 0 Å². The Balaban J connectivity index is 2.71. The van der Waals surface area contributed by atoms with Crippen LogP contribution < -0.4 is 4.90 Å². The summed E-state index contributed by atoms with van der Waals surface area (Å²) in [6.07, 6.45) is 0.461. The van der Waals surface area contributed by atoms with Gasteiger partial charge >= 0.3 is 0 Å². The van der Waals surface area contributed by atoms with Gasteiger partial charge in [-0.15, -0.1) is 0 Å². The summed E-state index contributed by atoms with van der Waals surface area (Å²) in [5.74, 6) is 0. The zero-order valence-corrected chi connectivity index (χ0v) is 11.2. The van der Waals surface area contributed by atoms with Gasteiger partial charge in [0, 0.05) is 18.1 Å². The van der Waals surface area contributed by atoms with E-state index in [9.17, 15) is 5.11 Å². The fraction of sp³-hybridized carbons (Fsp3) is 0.500. The molecule has 1 aromatic rings. The molecule has 0 aliphatic heterocycles. The van der Waals surface area contributed by atoms with Crippen LogP contribution in [0.3, 0.4) is 0 Å². The fourth-order valence-corrected chi connectivity index (χ4v) is 2.19. The average molecular weight is 288 g/mol. The van der Waals surface area contributed by atoms with Crippen LogP contribution in [0.1, 0.15) is 18.9 Å². The quantitative estimate of drug-likeness (QED) is 0.872. The van der Waals surface area contributed by atoms with E-state index >= 15 is 0 Å². The Kier molecular flexibility index (Phi) is 5.25. The van der Waals surface area contributed by atoms with Crippen LogP contribution in [0.2, 0.25) is 0 Å². The molecule has 1 aromatic carbocycles. The first-order valence-corrected chi connectivity index (χ1v) is 6.12. The van der Waals surface area contributed by atoms with E-state index in [0.29, 0.717) is 0 Å². The molecule has 0 amide bonds. The summed E-state index contributed by atoms with van der Waals surface area (Å²) in [4.78, 5) is 2.08. The largest absolute Gasteiger partial charge is 0.393 e. The molecule has 0 radical (unpaired) electrons. The Morgan fingerprint density at radius 3 is 2.62 bits per heavy atom. The van der Waals surface area contributed by atoms with E-state index in [1.807, 2.05) is 25.2 Å². The highest BCUT2D eigenvalue weighted by atomic mass is 79.9. The number of aliphatic hydroxyl groups excluding tert-OH is 2. The number of halogens is 1. The second kappa shape index (κ2) is 6.23. The number of benzene rings is 1. The van der Waals surface area contributed by atoms with Crippen molar-refractivity contribution in [2.45, 2.75) is 26.1 Å². The number of aliphatic hydroxyl groups is 2. The van der Waals surface area contributed by atoms with Crippen molar-refractivity contribution in [2.24, 2.45) is 0 Å². The van der Waals surface area contributed by atoms with Crippen molar-refractivity contribution >= 4 is 21.6 Å². The van der Waals surface area contributed by atoms with Gasteiger partial charge in [-0.2, -0.15) is 0 Å². The van der Waals surface area contributed by atoms with Crippen molar-refractivity contribution in [1.29, 1.82) is 0 Å². The fourth-order valence-electron chi connectivity index (χ4n) is 1.46. The van der Waals surface area contributed by atoms with Gasteiger partial charge in [-0.3, -0.25) is 0 Å². The Labute approximate surface area is 105 Å². The standard InChI is InChI=1S/C12H18BrNO2/c1-9(16)5-6-14(2)12-4-3-10(8-15)7-11(12)13/h3-4,7,9,15-16H,5-6,8H2,1-2H3. The first-order chi connectivity index (χ1) is 7.54. The normalized spacial score (nSPS) is 12.6. The van der Waals surface area contributed by atoms with Crippen LogP contribution in [0.4, 0.5) is 5.69 Å². The van der Waals surface area contributed by atoms with Gasteiger partial charge in [0.2, 0.25) is 0 Å². The number of nitrogens with zero attached hydrogens (tertiary/aromatic N) is 1. The molecule has 3 nitrogen and oxygen atoms in total. The summed E-state index contributed by atoms with van der Waals surface area (Å²) in [7, 11) is 1.99. The van der Waals surface area contributed by atoms with Gasteiger partial charge in [0.15, 0.2) is 0 Å². The van der Waals surface area contributed by atoms with Gasteiger partial charge in [-0.1, -0.05) is 6.07 Å². The van der Waals surface area contributed by atoms with Gasteiger partial charge in [-0.05, 0) is 47.0 Å². The maximum atomic E-state index is 9.23. The van der Waals surface area contributed by atoms with E-state index in [1.165, 1.54) is 0 Å². The highest BCUT2D eigenvalue weighted by Gasteiger charge is 2.07. The van der Waals surface area contributed by atoms with Gasteiger partial charge in [0.25, 0.3) is 0 Å². The predicted octanol–water partition coefficient (Wildman–Crippen LogP) is 2.15. The lowest BCUT2D eigenvalue weighted by atomic mass is 10.2. The highest BCUT2D eigenvalue weighted by Crippen LogP contribution is 2.26. The molecular formula is C12H18BrNO2. The van der Waals surface area contributed by atoms with Crippen LogP contribution in [-0.2, 0) is 6.61 Å². The SMILES string of the molecule is CC(O)CCN(C)c1ccc(CO)cc1Br. The molecule has 90 valence electrons. The van der Waals surface area contributed by atoms with E-state index in [1.54, 1.807) is 6.92 Å². The minimum absolute atomic E-state index is 0.0519. The molecule has 0 saturated carbocycles. The van der Waals surface area contributed by atoms with E-state index < -0.39 is 0 Å². The van der Waals surface area contributed by atoms with E-state index in [-0.39, 0.29) is 12.7 Å². The Morgan fingerprint density at radius 2 is 2.12 bits per heavy atom. The first-order valence-electron chi connectivity index (χ1n) is 5.33. The van der Waals surface area contributed by atoms with Gasteiger partial charge in [-0.25, -0.2) is 0 Å². The molecule has 1 unspecified atom stereocenters. The number of rotatable bonds is 5. The second-order valence-electron chi connectivity index (χ2n) is 4.00. The van der Waals surface area contributed by atoms with Crippen molar-refractivity contribution in [3.8, 4) is 0 Å². The van der Waals surface area contributed by atoms with Crippen molar-refractivity contribution in [3.63, 3.8) is 0 Å². The second-order valence-corrected chi connectivity index (χ2v) is 4.86. The molecule has 0 spiro atoms. The van der Waals surface area contributed by atoms with Gasteiger partial charge in [0.1, 0.15) is 0 Å². The topological polar surface area (TPSA) is 43.7 Å². The summed E-state index contributed by atoms with van der Waals surface area (Å²) in [5.41, 5.74) is 1.96. The smallest absolute Gasteiger partial charge is 0.0682 e. The average Bonchev–Trinajstić information content (AvgIpc) is 2.25. The molecule has 0 aromatic heterocycles. The van der Waals surface area contributed by atoms with Crippen molar-refractivity contribution < 1.29 is 10.2 Å². The van der Waals surface area contributed by atoms with Crippen LogP contribution in [0.25, 0.3) is 0 Å². The predicted molar refractivity (Wildman–Crippen MR) is 69.6 cm³/mol. The van der Waals surface area contributed by atoms with E-state index in [0.717, 1.165) is 28.7 Å². The van der Waals surface area contributed by atoms with Crippen molar-refractivity contribution in [3.05, 3.63) is 28.2 Å². The lowest BCUT2D eigenvalue weighted by molar-refractivity contribution is 0.187. The molecule has 1 atom stereocenters. The highest BCUT2D eigenvalue weighted by molar-refractivity contribution is 9.10. The zero-order valence-electron chi connectivity index (χ0n) is 9.65. The third kappa shape index (κ3) is 3.77. The molecule has 1 rings (SSSR count). The van der Waals surface area contributed by atoms with Gasteiger partial charge < -0.3 is 15.1 Å². The zero-order chi connectivity index (χ0) is 12.1. The molecule has 0 heterocycles. The number of hydrogen-bond donors (Lipinski definition) is 2. The molecule has 0 aliphatic carbocycles. The summed E-state index contributed by atoms with van der Waals surface area (Å²) >= 11 is 3.48. The number of hydrogen-bond acceptors (Lipinski definition) is 3. The summed E-state index contributed by atoms with van der Waals surface area (Å²) in [5, 5.41) is 18.2. The van der Waals surface area contributed by atoms with E-state index in [2.05, 4.69) is 20.8 Å². The third-order valence-electron chi connectivity index (χ3n) is 2.49. The summed E-state index contributed by atoms with van der Waals surface area (Å²) in [6.45, 7) is 2.64. The molecule has 4 heteroatoms.